The van der Waals surface area contributed by atoms with Crippen LogP contribution in [0.1, 0.15) is 22.6 Å². The Morgan fingerprint density at radius 2 is 2.13 bits per heavy atom. The van der Waals surface area contributed by atoms with Crippen molar-refractivity contribution in [1.29, 1.82) is 0 Å². The van der Waals surface area contributed by atoms with Gasteiger partial charge in [0.05, 0.1) is 19.9 Å². The fourth-order valence-corrected chi connectivity index (χ4v) is 4.12. The van der Waals surface area contributed by atoms with Gasteiger partial charge in [-0.25, -0.2) is 4.79 Å². The molecule has 2 aliphatic heterocycles. The molecule has 2 aromatic heterocycles. The van der Waals surface area contributed by atoms with Crippen molar-refractivity contribution in [2.75, 3.05) is 13.7 Å². The summed E-state index contributed by atoms with van der Waals surface area (Å²) in [6.45, 7) is 6.82. The number of ether oxygens (including phenoxy) is 1. The Hall–Kier alpha value is -3.81. The highest BCUT2D eigenvalue weighted by Crippen LogP contribution is 2.38. The fourth-order valence-electron chi connectivity index (χ4n) is 4.12. The number of carbonyl (C=O) groups excluding carboxylic acids is 2. The summed E-state index contributed by atoms with van der Waals surface area (Å²) in [5.41, 5.74) is 2.80. The SMILES string of the molecule is C=C1c2cc(OC)ccc2CN1C[C@@]1(c2cc3cc(C)ncc3o2)NC(=O)NC1=O. The van der Waals surface area contributed by atoms with Gasteiger partial charge in [0.15, 0.2) is 11.1 Å². The number of rotatable bonds is 4. The van der Waals surface area contributed by atoms with E-state index >= 15 is 0 Å². The number of nitrogens with one attached hydrogen (secondary N) is 2. The number of urea groups is 1. The molecular weight excluding hydrogens is 384 g/mol. The molecule has 0 spiro atoms. The predicted octanol–water partition coefficient (Wildman–Crippen LogP) is 2.67. The lowest BCUT2D eigenvalue weighted by Crippen LogP contribution is -2.51. The highest BCUT2D eigenvalue weighted by atomic mass is 16.5. The van der Waals surface area contributed by atoms with Gasteiger partial charge in [-0.05, 0) is 36.8 Å². The lowest BCUT2D eigenvalue weighted by atomic mass is 9.95. The van der Waals surface area contributed by atoms with Crippen LogP contribution >= 0.6 is 0 Å². The van der Waals surface area contributed by atoms with Crippen LogP contribution in [0.25, 0.3) is 16.7 Å². The van der Waals surface area contributed by atoms with Crippen LogP contribution in [0.5, 0.6) is 5.75 Å². The molecule has 0 aliphatic carbocycles. The standard InChI is InChI=1S/C22H20N4O4/c1-12-6-15-7-19(30-18(15)9-23-12)22(20(27)24-21(28)25-22)11-26-10-14-4-5-16(29-3)8-17(14)13(26)2/h4-9H,2,10-11H2,1,3H3,(H2,24,25,27,28)/t22-/m0/s1. The summed E-state index contributed by atoms with van der Waals surface area (Å²) >= 11 is 0. The molecule has 8 heteroatoms. The molecule has 152 valence electrons. The molecule has 2 aliphatic rings. The minimum atomic E-state index is -1.38. The Labute approximate surface area is 172 Å². The van der Waals surface area contributed by atoms with Gasteiger partial charge in [-0.3, -0.25) is 15.1 Å². The fraction of sp³-hybridized carbons (Fsp3) is 0.227. The lowest BCUT2D eigenvalue weighted by molar-refractivity contribution is -0.125. The van der Waals surface area contributed by atoms with E-state index in [9.17, 15) is 9.59 Å². The summed E-state index contributed by atoms with van der Waals surface area (Å²) in [6, 6.07) is 8.90. The van der Waals surface area contributed by atoms with Gasteiger partial charge in [-0.15, -0.1) is 0 Å². The van der Waals surface area contributed by atoms with Crippen LogP contribution in [-0.2, 0) is 16.9 Å². The van der Waals surface area contributed by atoms with E-state index in [1.165, 1.54) is 0 Å². The normalized spacial score (nSPS) is 20.5. The van der Waals surface area contributed by atoms with Gasteiger partial charge in [0.1, 0.15) is 11.5 Å². The zero-order valence-corrected chi connectivity index (χ0v) is 16.6. The van der Waals surface area contributed by atoms with E-state index in [0.717, 1.165) is 33.7 Å². The number of aryl methyl sites for hydroxylation is 1. The summed E-state index contributed by atoms with van der Waals surface area (Å²) < 4.78 is 11.3. The molecule has 2 N–H and O–H groups in total. The quantitative estimate of drug-likeness (QED) is 0.649. The maximum Gasteiger partial charge on any atom is 0.322 e. The molecule has 3 aromatic rings. The number of fused-ring (bicyclic) bond motifs is 2. The highest BCUT2D eigenvalue weighted by molar-refractivity contribution is 6.07. The first-order valence-electron chi connectivity index (χ1n) is 9.51. The Balaban J connectivity index is 1.55. The molecular formula is C22H20N4O4. The molecule has 1 fully saturated rings. The molecule has 8 nitrogen and oxygen atoms in total. The van der Waals surface area contributed by atoms with Gasteiger partial charge in [-0.2, -0.15) is 0 Å². The molecule has 0 saturated carbocycles. The van der Waals surface area contributed by atoms with Crippen molar-refractivity contribution in [2.24, 2.45) is 0 Å². The molecule has 0 bridgehead atoms. The van der Waals surface area contributed by atoms with Crippen LogP contribution in [0.4, 0.5) is 4.79 Å². The number of pyridine rings is 1. The Bertz CT molecular complexity index is 1230. The zero-order chi connectivity index (χ0) is 21.0. The molecule has 0 unspecified atom stereocenters. The monoisotopic (exact) mass is 404 g/mol. The zero-order valence-electron chi connectivity index (χ0n) is 16.6. The number of aromatic nitrogens is 1. The largest absolute Gasteiger partial charge is 0.497 e. The van der Waals surface area contributed by atoms with Gasteiger partial charge >= 0.3 is 6.03 Å². The predicted molar refractivity (Wildman–Crippen MR) is 110 cm³/mol. The number of hydrogen-bond donors (Lipinski definition) is 2. The summed E-state index contributed by atoms with van der Waals surface area (Å²) in [7, 11) is 1.61. The second kappa shape index (κ2) is 6.35. The summed E-state index contributed by atoms with van der Waals surface area (Å²) in [5.74, 6) is 0.630. The van der Waals surface area contributed by atoms with Crippen LogP contribution in [-0.4, -0.2) is 35.5 Å². The number of furan rings is 1. The summed E-state index contributed by atoms with van der Waals surface area (Å²) in [6.07, 6.45) is 1.62. The number of nitrogens with zero attached hydrogens (tertiary/aromatic N) is 2. The third-order valence-electron chi connectivity index (χ3n) is 5.70. The molecule has 1 aromatic carbocycles. The average Bonchev–Trinajstić information content (AvgIpc) is 3.36. The summed E-state index contributed by atoms with van der Waals surface area (Å²) in [5, 5.41) is 5.95. The first-order chi connectivity index (χ1) is 14.4. The second-order valence-electron chi connectivity index (χ2n) is 7.61. The summed E-state index contributed by atoms with van der Waals surface area (Å²) in [4.78, 5) is 31.3. The lowest BCUT2D eigenvalue weighted by Gasteiger charge is -2.30. The van der Waals surface area contributed by atoms with Gasteiger partial charge in [0.2, 0.25) is 0 Å². The first-order valence-corrected chi connectivity index (χ1v) is 9.51. The molecule has 1 atom stereocenters. The van der Waals surface area contributed by atoms with E-state index < -0.39 is 17.5 Å². The molecule has 30 heavy (non-hydrogen) atoms. The number of benzene rings is 1. The van der Waals surface area contributed by atoms with Crippen molar-refractivity contribution in [3.05, 3.63) is 65.7 Å². The van der Waals surface area contributed by atoms with Crippen molar-refractivity contribution in [1.82, 2.24) is 20.5 Å². The Kier molecular flexibility index (Phi) is 3.86. The second-order valence-corrected chi connectivity index (χ2v) is 7.61. The van der Waals surface area contributed by atoms with Crippen molar-refractivity contribution in [2.45, 2.75) is 19.0 Å². The van der Waals surface area contributed by atoms with E-state index in [4.69, 9.17) is 9.15 Å². The van der Waals surface area contributed by atoms with Gasteiger partial charge in [-0.1, -0.05) is 12.6 Å². The van der Waals surface area contributed by atoms with Gasteiger partial charge in [0, 0.05) is 28.9 Å². The molecule has 3 amide bonds. The number of methoxy groups -OCH3 is 1. The third-order valence-corrected chi connectivity index (χ3v) is 5.70. The number of imide groups is 1. The van der Waals surface area contributed by atoms with E-state index in [1.807, 2.05) is 36.1 Å². The average molecular weight is 404 g/mol. The molecule has 5 rings (SSSR count). The maximum atomic E-state index is 13.0. The van der Waals surface area contributed by atoms with Crippen molar-refractivity contribution >= 4 is 28.6 Å². The minimum absolute atomic E-state index is 0.173. The molecule has 4 heterocycles. The number of carbonyl (C=O) groups is 2. The van der Waals surface area contributed by atoms with Crippen LogP contribution in [0.2, 0.25) is 0 Å². The molecule has 0 radical (unpaired) electrons. The van der Waals surface area contributed by atoms with Gasteiger partial charge in [0.25, 0.3) is 5.91 Å². The Morgan fingerprint density at radius 3 is 2.87 bits per heavy atom. The van der Waals surface area contributed by atoms with E-state index in [1.54, 1.807) is 19.4 Å². The van der Waals surface area contributed by atoms with Crippen LogP contribution < -0.4 is 15.4 Å². The third kappa shape index (κ3) is 2.64. The Morgan fingerprint density at radius 1 is 1.30 bits per heavy atom. The maximum absolute atomic E-state index is 13.0. The van der Waals surface area contributed by atoms with Crippen molar-refractivity contribution in [3.63, 3.8) is 0 Å². The minimum Gasteiger partial charge on any atom is -0.497 e. The topological polar surface area (TPSA) is 96.7 Å². The highest BCUT2D eigenvalue weighted by Gasteiger charge is 2.52. The van der Waals surface area contributed by atoms with E-state index in [-0.39, 0.29) is 6.54 Å². The van der Waals surface area contributed by atoms with Crippen LogP contribution in [0, 0.1) is 6.92 Å². The number of amides is 3. The molecule has 1 saturated heterocycles. The number of hydrogen-bond acceptors (Lipinski definition) is 6. The van der Waals surface area contributed by atoms with Crippen molar-refractivity contribution < 1.29 is 18.7 Å². The van der Waals surface area contributed by atoms with E-state index in [0.29, 0.717) is 17.9 Å². The van der Waals surface area contributed by atoms with Gasteiger partial charge < -0.3 is 19.4 Å². The first kappa shape index (κ1) is 18.2. The van der Waals surface area contributed by atoms with Crippen LogP contribution in [0.3, 0.4) is 0 Å². The van der Waals surface area contributed by atoms with Crippen molar-refractivity contribution in [3.8, 4) is 5.75 Å². The van der Waals surface area contributed by atoms with E-state index in [2.05, 4.69) is 22.2 Å². The smallest absolute Gasteiger partial charge is 0.322 e. The van der Waals surface area contributed by atoms with Crippen LogP contribution in [0.15, 0.2) is 47.5 Å².